The number of nitrogens with one attached hydrogen (secondary N) is 2. The summed E-state index contributed by atoms with van der Waals surface area (Å²) in [7, 11) is -10.9. The van der Waals surface area contributed by atoms with Crippen LogP contribution in [0.4, 0.5) is 0 Å². The molecular weight excluding hydrogens is 1270 g/mol. The quantitative estimate of drug-likeness (QED) is 0.0153. The topological polar surface area (TPSA) is 393 Å². The molecule has 0 spiro atoms. The second-order valence-corrected chi connectivity index (χ2v) is 29.2. The Hall–Kier alpha value is -2.26. The number of phosphoric acid groups is 2. The summed E-state index contributed by atoms with van der Waals surface area (Å²) < 4.78 is 64.3. The summed E-state index contributed by atoms with van der Waals surface area (Å²) in [6.07, 6.45) is 14.3. The maximum Gasteiger partial charge on any atom is 0.472 e. The molecule has 95 heavy (non-hydrogen) atoms. The molecular formula is C68H130N2O23P2. The van der Waals surface area contributed by atoms with Gasteiger partial charge in [-0.25, -0.2) is 9.13 Å². The molecule has 0 bridgehead atoms. The Kier molecular flexibility index (Phi) is 50.1. The number of ether oxygens (including phenoxy) is 5. The molecule has 25 nitrogen and oxygen atoms in total. The fraction of sp³-hybridized carbons (Fsp3) is 0.941. The van der Waals surface area contributed by atoms with Gasteiger partial charge in [-0.05, 0) is 25.7 Å². The lowest BCUT2D eigenvalue weighted by Gasteiger charge is -2.46. The molecule has 0 aromatic carbocycles. The molecule has 4 unspecified atom stereocenters. The number of aliphatic hydroxyl groups is 6. The van der Waals surface area contributed by atoms with E-state index < -0.39 is 164 Å². The van der Waals surface area contributed by atoms with Crippen LogP contribution < -0.4 is 10.6 Å². The predicted molar refractivity (Wildman–Crippen MR) is 360 cm³/mol. The van der Waals surface area contributed by atoms with Crippen LogP contribution in [0.2, 0.25) is 0 Å². The van der Waals surface area contributed by atoms with Gasteiger partial charge in [0.1, 0.15) is 36.5 Å². The van der Waals surface area contributed by atoms with E-state index in [2.05, 4.69) is 38.3 Å². The molecule has 2 heterocycles. The number of hydrogen-bond donors (Lipinski definition) is 12. The minimum Gasteiger partial charge on any atom is -0.457 e. The Labute approximate surface area is 568 Å². The van der Waals surface area contributed by atoms with Crippen molar-refractivity contribution < 1.29 is 111 Å². The number of esters is 2. The van der Waals surface area contributed by atoms with Crippen molar-refractivity contribution >= 4 is 39.4 Å². The molecule has 2 fully saturated rings. The highest BCUT2D eigenvalue weighted by Crippen LogP contribution is 2.42. The van der Waals surface area contributed by atoms with Crippen LogP contribution in [0.15, 0.2) is 0 Å². The summed E-state index contributed by atoms with van der Waals surface area (Å²) >= 11 is 0. The van der Waals surface area contributed by atoms with Crippen molar-refractivity contribution in [3.63, 3.8) is 0 Å². The Bertz CT molecular complexity index is 2080. The van der Waals surface area contributed by atoms with Crippen LogP contribution in [-0.2, 0) is 61.0 Å². The number of aliphatic hydroxyl groups excluding tert-OH is 6. The van der Waals surface area contributed by atoms with E-state index in [-0.39, 0.29) is 25.7 Å². The van der Waals surface area contributed by atoms with Crippen LogP contribution in [0.1, 0.15) is 310 Å². The van der Waals surface area contributed by atoms with Crippen molar-refractivity contribution in [1.82, 2.24) is 10.6 Å². The Morgan fingerprint density at radius 1 is 0.389 bits per heavy atom. The Balaban J connectivity index is 2.53. The Morgan fingerprint density at radius 3 is 0.968 bits per heavy atom. The van der Waals surface area contributed by atoms with Gasteiger partial charge in [0.15, 0.2) is 24.8 Å². The van der Waals surface area contributed by atoms with Gasteiger partial charge in [0.05, 0.1) is 63.3 Å². The zero-order chi connectivity index (χ0) is 70.3. The number of rotatable bonds is 60. The summed E-state index contributed by atoms with van der Waals surface area (Å²) in [5.74, 6) is -3.91. The summed E-state index contributed by atoms with van der Waals surface area (Å²) in [4.78, 5) is 95.4. The van der Waals surface area contributed by atoms with Crippen molar-refractivity contribution in [3.8, 4) is 0 Å². The number of unbranched alkanes of at least 4 members (excludes halogenated alkanes) is 32. The molecule has 0 aliphatic carbocycles. The molecule has 2 saturated heterocycles. The number of carbonyl (C=O) groups excluding carboxylic acids is 4. The summed E-state index contributed by atoms with van der Waals surface area (Å²) in [6, 6.07) is -3.66. The lowest BCUT2D eigenvalue weighted by Crippen LogP contribution is -2.68. The minimum absolute atomic E-state index is 0.210. The normalized spacial score (nSPS) is 23.0. The first-order chi connectivity index (χ1) is 45.4. The third-order valence-corrected chi connectivity index (χ3v) is 18.8. The largest absolute Gasteiger partial charge is 0.472 e. The zero-order valence-corrected chi connectivity index (χ0v) is 60.1. The van der Waals surface area contributed by atoms with Gasteiger partial charge >= 0.3 is 27.6 Å². The van der Waals surface area contributed by atoms with Crippen LogP contribution in [0.25, 0.3) is 0 Å². The Morgan fingerprint density at radius 2 is 0.663 bits per heavy atom. The second kappa shape index (κ2) is 53.6. The third-order valence-electron chi connectivity index (χ3n) is 17.8. The van der Waals surface area contributed by atoms with E-state index in [1.54, 1.807) is 0 Å². The van der Waals surface area contributed by atoms with Crippen LogP contribution in [0, 0.1) is 0 Å². The predicted octanol–water partition coefficient (Wildman–Crippen LogP) is 10.9. The van der Waals surface area contributed by atoms with Gasteiger partial charge in [-0.3, -0.25) is 28.2 Å². The monoisotopic (exact) mass is 1400 g/mol. The average Bonchev–Trinajstić information content (AvgIpc) is 0.791. The van der Waals surface area contributed by atoms with Gasteiger partial charge in [0.25, 0.3) is 0 Å². The molecule has 2 aliphatic rings. The minimum atomic E-state index is -5.61. The van der Waals surface area contributed by atoms with Gasteiger partial charge in [-0.1, -0.05) is 259 Å². The molecule has 12 N–H and O–H groups in total. The number of amides is 2. The third kappa shape index (κ3) is 43.9. The first-order valence-electron chi connectivity index (χ1n) is 36.8. The fourth-order valence-electron chi connectivity index (χ4n) is 12.3. The second-order valence-electron chi connectivity index (χ2n) is 26.8. The first-order valence-corrected chi connectivity index (χ1v) is 39.9. The van der Waals surface area contributed by atoms with Crippen LogP contribution in [0.3, 0.4) is 0 Å². The average molecular weight is 1410 g/mol. The number of hydrogen-bond acceptors (Lipinski definition) is 19. The van der Waals surface area contributed by atoms with Gasteiger partial charge < -0.3 is 84.5 Å². The molecule has 560 valence electrons. The van der Waals surface area contributed by atoms with Gasteiger partial charge in [0.2, 0.25) is 11.8 Å². The van der Waals surface area contributed by atoms with Crippen LogP contribution in [0.5, 0.6) is 0 Å². The summed E-state index contributed by atoms with van der Waals surface area (Å²) in [5, 5.41) is 73.3. The molecule has 2 rings (SSSR count). The highest BCUT2D eigenvalue weighted by Gasteiger charge is 2.53. The summed E-state index contributed by atoms with van der Waals surface area (Å²) in [6.45, 7) is 6.57. The van der Waals surface area contributed by atoms with Gasteiger partial charge in [-0.15, -0.1) is 0 Å². The van der Waals surface area contributed by atoms with E-state index in [4.69, 9.17) is 32.7 Å². The lowest BCUT2D eigenvalue weighted by molar-refractivity contribution is -0.298. The van der Waals surface area contributed by atoms with Crippen molar-refractivity contribution in [2.45, 2.75) is 396 Å². The molecule has 2 amide bonds. The maximum absolute atomic E-state index is 14.0. The smallest absolute Gasteiger partial charge is 0.457 e. The van der Waals surface area contributed by atoms with E-state index in [9.17, 15) is 78.5 Å². The van der Waals surface area contributed by atoms with Crippen molar-refractivity contribution in [1.29, 1.82) is 0 Å². The zero-order valence-electron chi connectivity index (χ0n) is 58.3. The molecule has 27 heteroatoms. The molecule has 0 aromatic rings. The lowest BCUT2D eigenvalue weighted by atomic mass is 9.95. The van der Waals surface area contributed by atoms with Crippen LogP contribution in [-0.4, -0.2) is 173 Å². The molecule has 14 atom stereocenters. The van der Waals surface area contributed by atoms with Crippen molar-refractivity contribution in [2.24, 2.45) is 0 Å². The highest BCUT2D eigenvalue weighted by atomic mass is 31.2. The maximum atomic E-state index is 14.0. The van der Waals surface area contributed by atoms with E-state index in [0.717, 1.165) is 154 Å². The molecule has 2 aliphatic heterocycles. The van der Waals surface area contributed by atoms with E-state index in [1.807, 2.05) is 0 Å². The van der Waals surface area contributed by atoms with E-state index in [0.29, 0.717) is 25.7 Å². The van der Waals surface area contributed by atoms with Gasteiger partial charge in [0, 0.05) is 0 Å². The SMILES string of the molecule is CCCCCCCCCCCC(O)CC(=O)N[C@H]1[C@H](OC[C@H]2O[C@@H](OP(=O)(O)O)[C@H](NC(=O)CC(O)CCCCCCCCCCC)[C@@H](OC(=O)CC(O)CCCCCCCCCCC)[C@@H]2O)O[C@H](COP(=O)(O)O)[C@@H](O)[C@@H]1OC(=O)CC(O)CCCCCCCCCCC. The summed E-state index contributed by atoms with van der Waals surface area (Å²) in [5.41, 5.74) is 0. The van der Waals surface area contributed by atoms with E-state index in [1.165, 1.54) is 51.4 Å². The van der Waals surface area contributed by atoms with Crippen molar-refractivity contribution in [2.75, 3.05) is 13.2 Å². The molecule has 0 aromatic heterocycles. The standard InChI is InChI=1S/C68H130N2O23P2/c1-5-9-13-17-21-25-29-33-37-41-51(71)45-57(75)69-61-65(91-59(77)47-53(73)43-39-35-31-27-23-19-15-11-7-3)64(80)56(50-88-94(81,82)83)89-67(61)87-49-55-63(79)66(92-60(78)48-54(74)44-40-36-32-28-24-20-16-12-8-4)62(68(90-55)93-95(84,85)86)70-58(76)46-52(72)42-38-34-30-26-22-18-14-10-6-2/h51-56,61-68,71-74,79-80H,5-50H2,1-4H3,(H,69,75)(H,70,76)(H2,81,82,83)(H2,84,85,86)/t51?,52?,53?,54?,55-,56-,61-,62-,63-,64-,65-,66-,67-,68+/m1/s1. The first kappa shape index (κ1) is 88.8. The number of phosphoric ester groups is 2. The van der Waals surface area contributed by atoms with Crippen LogP contribution >= 0.6 is 15.6 Å². The fourth-order valence-corrected chi connectivity index (χ4v) is 13.1. The van der Waals surface area contributed by atoms with E-state index >= 15 is 0 Å². The molecule has 0 saturated carbocycles. The van der Waals surface area contributed by atoms with Gasteiger partial charge in [-0.2, -0.15) is 0 Å². The highest BCUT2D eigenvalue weighted by molar-refractivity contribution is 7.46. The molecule has 0 radical (unpaired) electrons. The van der Waals surface area contributed by atoms with Crippen molar-refractivity contribution in [3.05, 3.63) is 0 Å². The number of carbonyl (C=O) groups is 4.